The number of aromatic nitrogens is 4. The Morgan fingerprint density at radius 2 is 2.17 bits per heavy atom. The molecule has 0 bridgehead atoms. The van der Waals surface area contributed by atoms with E-state index in [2.05, 4.69) is 21.5 Å². The summed E-state index contributed by atoms with van der Waals surface area (Å²) in [6.07, 6.45) is 7.23. The summed E-state index contributed by atoms with van der Waals surface area (Å²) in [7, 11) is 1.51. The highest BCUT2D eigenvalue weighted by molar-refractivity contribution is 5.84. The van der Waals surface area contributed by atoms with Gasteiger partial charge in [0.2, 0.25) is 5.71 Å². The van der Waals surface area contributed by atoms with Crippen LogP contribution in [0.4, 0.5) is 0 Å². The zero-order valence-electron chi connectivity index (χ0n) is 12.7. The number of aromatic amines is 1. The fraction of sp³-hybridized carbons (Fsp3) is 0.125. The molecule has 0 aliphatic heterocycles. The van der Waals surface area contributed by atoms with Gasteiger partial charge < -0.3 is 4.42 Å². The Morgan fingerprint density at radius 3 is 2.87 bits per heavy atom. The molecule has 0 unspecified atom stereocenters. The fourth-order valence-corrected chi connectivity index (χ4v) is 2.17. The molecular weight excluding hydrogens is 296 g/mol. The Hall–Kier alpha value is -3.22. The number of H-pyrrole nitrogens is 1. The van der Waals surface area contributed by atoms with Crippen LogP contribution < -0.4 is 11.2 Å². The van der Waals surface area contributed by atoms with Crippen LogP contribution in [0.25, 0.3) is 28.0 Å². The maximum atomic E-state index is 11.9. The molecule has 1 N–H and O–H groups in total. The molecule has 0 radical (unpaired) electrons. The molecule has 0 aliphatic carbocycles. The highest BCUT2D eigenvalue weighted by Gasteiger charge is 2.14. The number of allylic oxidation sites excluding steroid dienone is 5. The van der Waals surface area contributed by atoms with Crippen LogP contribution in [0.2, 0.25) is 0 Å². The fourth-order valence-electron chi connectivity index (χ4n) is 2.17. The van der Waals surface area contributed by atoms with Crippen molar-refractivity contribution in [2.24, 2.45) is 7.05 Å². The third-order valence-electron chi connectivity index (χ3n) is 3.38. The Bertz CT molecular complexity index is 1100. The third kappa shape index (κ3) is 2.42. The first-order valence-electron chi connectivity index (χ1n) is 6.91. The van der Waals surface area contributed by atoms with E-state index in [0.29, 0.717) is 11.3 Å². The second-order valence-corrected chi connectivity index (χ2v) is 4.87. The smallest absolute Gasteiger partial charge is 0.329 e. The van der Waals surface area contributed by atoms with E-state index in [1.165, 1.54) is 11.6 Å². The number of nitrogens with one attached hydrogen (secondary N) is 1. The van der Waals surface area contributed by atoms with E-state index in [1.807, 2.05) is 25.2 Å². The zero-order valence-corrected chi connectivity index (χ0v) is 12.7. The topological polar surface area (TPSA) is 93.8 Å². The van der Waals surface area contributed by atoms with Crippen molar-refractivity contribution in [3.63, 3.8) is 0 Å². The van der Waals surface area contributed by atoms with Gasteiger partial charge in [-0.25, -0.2) is 9.78 Å². The number of aryl methyl sites for hydroxylation is 1. The summed E-state index contributed by atoms with van der Waals surface area (Å²) in [5, 5.41) is 0. The number of nitrogens with zero attached hydrogens (tertiary/aromatic N) is 3. The highest BCUT2D eigenvalue weighted by atomic mass is 16.3. The van der Waals surface area contributed by atoms with Gasteiger partial charge in [-0.1, -0.05) is 30.9 Å². The van der Waals surface area contributed by atoms with Gasteiger partial charge in [-0.2, -0.15) is 4.98 Å². The zero-order chi connectivity index (χ0) is 16.6. The molecule has 0 saturated heterocycles. The van der Waals surface area contributed by atoms with Gasteiger partial charge in [0.1, 0.15) is 11.3 Å². The van der Waals surface area contributed by atoms with Crippen LogP contribution in [0.15, 0.2) is 51.0 Å². The molecule has 3 aromatic rings. The molecule has 3 aromatic heterocycles. The van der Waals surface area contributed by atoms with Crippen LogP contribution in [0.5, 0.6) is 0 Å². The Balaban J connectivity index is 2.32. The Kier molecular flexibility index (Phi) is 3.53. The first kappa shape index (κ1) is 14.7. The monoisotopic (exact) mass is 310 g/mol. The lowest BCUT2D eigenvalue weighted by atomic mass is 10.2. The number of hydrogen-bond donors (Lipinski definition) is 1. The lowest BCUT2D eigenvalue weighted by Crippen LogP contribution is -2.29. The number of fused-ring (bicyclic) bond motifs is 2. The van der Waals surface area contributed by atoms with Crippen molar-refractivity contribution < 1.29 is 4.42 Å². The summed E-state index contributed by atoms with van der Waals surface area (Å²) in [6.45, 7) is 5.65. The van der Waals surface area contributed by atoms with Gasteiger partial charge in [0.05, 0.1) is 0 Å². The summed E-state index contributed by atoms with van der Waals surface area (Å²) >= 11 is 0. The predicted molar refractivity (Wildman–Crippen MR) is 88.2 cm³/mol. The molecule has 3 rings (SSSR count). The Labute approximate surface area is 130 Å². The second kappa shape index (κ2) is 5.53. The third-order valence-corrected chi connectivity index (χ3v) is 3.38. The largest absolute Gasteiger partial charge is 0.436 e. The van der Waals surface area contributed by atoms with Crippen LogP contribution >= 0.6 is 0 Å². The predicted octanol–water partition coefficient (Wildman–Crippen LogP) is 1.91. The normalized spacial score (nSPS) is 12.5. The molecule has 0 aliphatic rings. The van der Waals surface area contributed by atoms with Gasteiger partial charge in [-0.05, 0) is 6.92 Å². The van der Waals surface area contributed by atoms with E-state index in [9.17, 15) is 9.59 Å². The molecule has 0 fully saturated rings. The van der Waals surface area contributed by atoms with E-state index in [-0.39, 0.29) is 16.9 Å². The van der Waals surface area contributed by atoms with Crippen LogP contribution in [0, 0.1) is 0 Å². The van der Waals surface area contributed by atoms with Crippen molar-refractivity contribution in [3.8, 4) is 0 Å². The quantitative estimate of drug-likeness (QED) is 0.746. The minimum Gasteiger partial charge on any atom is -0.436 e. The lowest BCUT2D eigenvalue weighted by Gasteiger charge is -2.00. The summed E-state index contributed by atoms with van der Waals surface area (Å²) in [6, 6.07) is 1.68. The van der Waals surface area contributed by atoms with Gasteiger partial charge >= 0.3 is 5.69 Å². The average Bonchev–Trinajstić information content (AvgIpc) is 2.95. The van der Waals surface area contributed by atoms with Gasteiger partial charge in [0, 0.05) is 18.7 Å². The standard InChI is InChI=1S/C16H14N4O3/c1-4-6-7-9(5-2)11-8-10-15(23-11)18-13-12(17-10)14(21)19-16(22)20(13)3/h4-8H,2H2,1,3H3,(H,19,21,22). The number of hydrogen-bond acceptors (Lipinski definition) is 5. The van der Waals surface area contributed by atoms with Crippen molar-refractivity contribution in [2.75, 3.05) is 0 Å². The first-order chi connectivity index (χ1) is 11.0. The molecule has 0 amide bonds. The molecule has 0 atom stereocenters. The van der Waals surface area contributed by atoms with E-state index in [1.54, 1.807) is 12.1 Å². The highest BCUT2D eigenvalue weighted by Crippen LogP contribution is 2.24. The molecule has 23 heavy (non-hydrogen) atoms. The Morgan fingerprint density at radius 1 is 1.39 bits per heavy atom. The average molecular weight is 310 g/mol. The molecule has 116 valence electrons. The van der Waals surface area contributed by atoms with Crippen molar-refractivity contribution in [1.82, 2.24) is 19.5 Å². The first-order valence-corrected chi connectivity index (χ1v) is 6.91. The maximum Gasteiger partial charge on any atom is 0.329 e. The number of furan rings is 1. The van der Waals surface area contributed by atoms with Crippen molar-refractivity contribution in [1.29, 1.82) is 0 Å². The molecule has 0 spiro atoms. The molecule has 3 heterocycles. The summed E-state index contributed by atoms with van der Waals surface area (Å²) in [5.41, 5.74) is 0.576. The second-order valence-electron chi connectivity index (χ2n) is 4.87. The summed E-state index contributed by atoms with van der Waals surface area (Å²) in [5.74, 6) is 0.532. The van der Waals surface area contributed by atoms with Crippen molar-refractivity contribution in [3.05, 3.63) is 63.5 Å². The lowest BCUT2D eigenvalue weighted by molar-refractivity contribution is 0.589. The van der Waals surface area contributed by atoms with Crippen LogP contribution in [-0.2, 0) is 7.05 Å². The molecule has 0 saturated carbocycles. The van der Waals surface area contributed by atoms with Gasteiger partial charge in [-0.15, -0.1) is 0 Å². The minimum atomic E-state index is -0.575. The van der Waals surface area contributed by atoms with Crippen LogP contribution in [0.3, 0.4) is 0 Å². The molecule has 7 nitrogen and oxygen atoms in total. The molecule has 0 aromatic carbocycles. The van der Waals surface area contributed by atoms with E-state index in [0.717, 1.165) is 5.57 Å². The van der Waals surface area contributed by atoms with Crippen LogP contribution in [-0.4, -0.2) is 19.5 Å². The van der Waals surface area contributed by atoms with Crippen molar-refractivity contribution in [2.45, 2.75) is 6.92 Å². The SMILES string of the molecule is C=CC(=CC=CC)c1cc2nc3c(=O)[nH]c(=O)n(C)c3nc2o1. The summed E-state index contributed by atoms with van der Waals surface area (Å²) < 4.78 is 6.90. The minimum absolute atomic E-state index is 0.0875. The van der Waals surface area contributed by atoms with E-state index >= 15 is 0 Å². The van der Waals surface area contributed by atoms with Gasteiger partial charge in [0.25, 0.3) is 5.56 Å². The van der Waals surface area contributed by atoms with Crippen LogP contribution in [0.1, 0.15) is 12.7 Å². The van der Waals surface area contributed by atoms with Crippen molar-refractivity contribution >= 4 is 28.0 Å². The van der Waals surface area contributed by atoms with E-state index in [4.69, 9.17) is 4.42 Å². The summed E-state index contributed by atoms with van der Waals surface area (Å²) in [4.78, 5) is 34.2. The molecule has 7 heteroatoms. The maximum absolute atomic E-state index is 11.9. The number of rotatable bonds is 3. The van der Waals surface area contributed by atoms with Gasteiger partial charge in [-0.3, -0.25) is 14.3 Å². The van der Waals surface area contributed by atoms with E-state index < -0.39 is 11.2 Å². The van der Waals surface area contributed by atoms with Gasteiger partial charge in [0.15, 0.2) is 11.2 Å². The molecular formula is C16H14N4O3.